The van der Waals surface area contributed by atoms with Crippen molar-refractivity contribution in [2.75, 3.05) is 0 Å². The maximum absolute atomic E-state index is 6.45. The van der Waals surface area contributed by atoms with Crippen LogP contribution in [0.1, 0.15) is 0 Å². The van der Waals surface area contributed by atoms with E-state index >= 15 is 0 Å². The molecular formula is C58H36N2O. The Bertz CT molecular complexity index is 3610. The Labute approximate surface area is 352 Å². The average molecular weight is 777 g/mol. The highest BCUT2D eigenvalue weighted by molar-refractivity contribution is 6.28. The van der Waals surface area contributed by atoms with E-state index < -0.39 is 0 Å². The largest absolute Gasteiger partial charge is 0.455 e. The molecule has 12 rings (SSSR count). The summed E-state index contributed by atoms with van der Waals surface area (Å²) >= 11 is 0. The van der Waals surface area contributed by atoms with Crippen LogP contribution in [0.4, 0.5) is 0 Å². The summed E-state index contributed by atoms with van der Waals surface area (Å²) in [6.45, 7) is 0. The van der Waals surface area contributed by atoms with Crippen LogP contribution in [0.15, 0.2) is 223 Å². The zero-order valence-corrected chi connectivity index (χ0v) is 33.1. The molecule has 0 bridgehead atoms. The minimum atomic E-state index is 0.672. The second-order valence-electron chi connectivity index (χ2n) is 15.6. The number of furan rings is 1. The number of hydrogen-bond donors (Lipinski definition) is 0. The first-order valence-electron chi connectivity index (χ1n) is 20.7. The second kappa shape index (κ2) is 14.3. The van der Waals surface area contributed by atoms with Crippen LogP contribution >= 0.6 is 0 Å². The van der Waals surface area contributed by atoms with Gasteiger partial charge in [-0.15, -0.1) is 0 Å². The van der Waals surface area contributed by atoms with E-state index in [9.17, 15) is 0 Å². The van der Waals surface area contributed by atoms with Crippen LogP contribution in [0.2, 0.25) is 0 Å². The summed E-state index contributed by atoms with van der Waals surface area (Å²) in [6.07, 6.45) is 0. The van der Waals surface area contributed by atoms with Gasteiger partial charge in [0.2, 0.25) is 0 Å². The molecule has 0 atom stereocenters. The number of aromatic nitrogens is 2. The van der Waals surface area contributed by atoms with Crippen LogP contribution in [0.25, 0.3) is 122 Å². The summed E-state index contributed by atoms with van der Waals surface area (Å²) in [5, 5.41) is 9.71. The predicted molar refractivity (Wildman–Crippen MR) is 254 cm³/mol. The molecular weight excluding hydrogens is 741 g/mol. The average Bonchev–Trinajstić information content (AvgIpc) is 3.73. The van der Waals surface area contributed by atoms with Gasteiger partial charge in [0.05, 0.1) is 11.4 Å². The van der Waals surface area contributed by atoms with Gasteiger partial charge < -0.3 is 4.42 Å². The summed E-state index contributed by atoms with van der Waals surface area (Å²) in [5.74, 6) is 0.672. The Morgan fingerprint density at radius 1 is 0.311 bits per heavy atom. The van der Waals surface area contributed by atoms with E-state index in [2.05, 4.69) is 182 Å². The maximum atomic E-state index is 6.45. The first-order chi connectivity index (χ1) is 30.2. The molecule has 0 aliphatic carbocycles. The van der Waals surface area contributed by atoms with Crippen molar-refractivity contribution in [2.45, 2.75) is 0 Å². The van der Waals surface area contributed by atoms with E-state index in [1.807, 2.05) is 36.4 Å². The fourth-order valence-corrected chi connectivity index (χ4v) is 9.22. The molecule has 3 heteroatoms. The zero-order valence-electron chi connectivity index (χ0n) is 33.1. The van der Waals surface area contributed by atoms with E-state index in [4.69, 9.17) is 14.4 Å². The lowest BCUT2D eigenvalue weighted by Gasteiger charge is -2.19. The lowest BCUT2D eigenvalue weighted by atomic mass is 9.84. The molecule has 61 heavy (non-hydrogen) atoms. The molecule has 0 amide bonds. The number of nitrogens with zero attached hydrogens (tertiary/aromatic N) is 2. The summed E-state index contributed by atoms with van der Waals surface area (Å²) in [4.78, 5) is 10.2. The highest BCUT2D eigenvalue weighted by atomic mass is 16.3. The molecule has 10 aromatic carbocycles. The zero-order chi connectivity index (χ0) is 40.3. The van der Waals surface area contributed by atoms with E-state index in [-0.39, 0.29) is 0 Å². The van der Waals surface area contributed by atoms with Crippen molar-refractivity contribution in [3.05, 3.63) is 218 Å². The van der Waals surface area contributed by atoms with Gasteiger partial charge >= 0.3 is 0 Å². The lowest BCUT2D eigenvalue weighted by Crippen LogP contribution is -1.96. The minimum Gasteiger partial charge on any atom is -0.455 e. The molecule has 12 aromatic rings. The number of fused-ring (bicyclic) bond motifs is 7. The van der Waals surface area contributed by atoms with Gasteiger partial charge in [0, 0.05) is 27.5 Å². The van der Waals surface area contributed by atoms with E-state index in [1.165, 1.54) is 54.6 Å². The number of para-hydroxylation sites is 2. The third kappa shape index (κ3) is 5.90. The molecule has 0 saturated carbocycles. The first-order valence-corrected chi connectivity index (χ1v) is 20.7. The quantitative estimate of drug-likeness (QED) is 0.125. The van der Waals surface area contributed by atoms with Gasteiger partial charge in [-0.05, 0) is 83.9 Å². The van der Waals surface area contributed by atoms with Crippen molar-refractivity contribution in [3.8, 4) is 67.3 Å². The predicted octanol–water partition coefficient (Wildman–Crippen LogP) is 15.8. The van der Waals surface area contributed by atoms with E-state index in [1.54, 1.807) is 0 Å². The Morgan fingerprint density at radius 2 is 0.852 bits per heavy atom. The fourth-order valence-electron chi connectivity index (χ4n) is 9.22. The molecule has 0 fully saturated rings. The fraction of sp³-hybridized carbons (Fsp3) is 0. The molecule has 0 spiro atoms. The third-order valence-corrected chi connectivity index (χ3v) is 12.1. The van der Waals surface area contributed by atoms with Crippen LogP contribution in [0.3, 0.4) is 0 Å². The van der Waals surface area contributed by atoms with E-state index in [0.29, 0.717) is 5.82 Å². The van der Waals surface area contributed by atoms with Crippen molar-refractivity contribution < 1.29 is 4.42 Å². The Balaban J connectivity index is 0.956. The standard InChI is InChI=1S/C58H36N2O/c1-3-15-41(16-4-1)54-46-21-9-10-22-47(46)55(56-44-19-8-7-14-39(44)34-35-50(54)56)42-32-28-38(29-33-42)37-26-30-40(31-27-37)51-36-52(60-58(59-51)43-17-5-2-6-18-43)49-24-13-23-48-45-20-11-12-25-53(45)61-57(48)49/h1-36H. The van der Waals surface area contributed by atoms with Gasteiger partial charge in [-0.3, -0.25) is 0 Å². The van der Waals surface area contributed by atoms with Gasteiger partial charge in [0.15, 0.2) is 5.82 Å². The second-order valence-corrected chi connectivity index (χ2v) is 15.6. The maximum Gasteiger partial charge on any atom is 0.160 e. The Hall–Kier alpha value is -8.14. The molecule has 3 nitrogen and oxygen atoms in total. The van der Waals surface area contributed by atoms with Gasteiger partial charge in [0.25, 0.3) is 0 Å². The Morgan fingerprint density at radius 3 is 1.59 bits per heavy atom. The molecule has 0 aliphatic rings. The highest BCUT2D eigenvalue weighted by Crippen LogP contribution is 2.46. The van der Waals surface area contributed by atoms with Crippen molar-refractivity contribution in [1.82, 2.24) is 9.97 Å². The van der Waals surface area contributed by atoms with Gasteiger partial charge in [-0.25, -0.2) is 9.97 Å². The summed E-state index contributed by atoms with van der Waals surface area (Å²) in [6, 6.07) is 77.6. The van der Waals surface area contributed by atoms with Crippen molar-refractivity contribution >= 4 is 54.3 Å². The van der Waals surface area contributed by atoms with Crippen LogP contribution in [-0.2, 0) is 0 Å². The highest BCUT2D eigenvalue weighted by Gasteiger charge is 2.20. The van der Waals surface area contributed by atoms with Crippen molar-refractivity contribution in [3.63, 3.8) is 0 Å². The summed E-state index contributed by atoms with van der Waals surface area (Å²) < 4.78 is 6.45. The van der Waals surface area contributed by atoms with Crippen LogP contribution in [0.5, 0.6) is 0 Å². The normalized spacial score (nSPS) is 11.6. The smallest absolute Gasteiger partial charge is 0.160 e. The molecule has 2 aromatic heterocycles. The minimum absolute atomic E-state index is 0.672. The van der Waals surface area contributed by atoms with Crippen LogP contribution in [0, 0.1) is 0 Å². The molecule has 2 heterocycles. The Kier molecular flexibility index (Phi) is 8.17. The first kappa shape index (κ1) is 34.9. The SMILES string of the molecule is c1ccc(-c2nc(-c3ccc(-c4ccc(-c5c6ccccc6c(-c6ccccc6)c6ccc7ccccc7c56)cc4)cc3)cc(-c3cccc4c3oc3ccccc34)n2)cc1. The van der Waals surface area contributed by atoms with Gasteiger partial charge in [-0.1, -0.05) is 200 Å². The van der Waals surface area contributed by atoms with E-state index in [0.717, 1.165) is 61.1 Å². The molecule has 0 N–H and O–H groups in total. The summed E-state index contributed by atoms with van der Waals surface area (Å²) in [7, 11) is 0. The molecule has 0 aliphatic heterocycles. The van der Waals surface area contributed by atoms with Crippen molar-refractivity contribution in [1.29, 1.82) is 0 Å². The van der Waals surface area contributed by atoms with Crippen LogP contribution in [-0.4, -0.2) is 9.97 Å². The van der Waals surface area contributed by atoms with Gasteiger partial charge in [0.1, 0.15) is 11.2 Å². The third-order valence-electron chi connectivity index (χ3n) is 12.1. The summed E-state index contributed by atoms with van der Waals surface area (Å²) in [5.41, 5.74) is 13.5. The van der Waals surface area contributed by atoms with Gasteiger partial charge in [-0.2, -0.15) is 0 Å². The molecule has 0 unspecified atom stereocenters. The molecule has 284 valence electrons. The molecule has 0 radical (unpaired) electrons. The van der Waals surface area contributed by atoms with Crippen molar-refractivity contribution in [2.24, 2.45) is 0 Å². The van der Waals surface area contributed by atoms with Crippen LogP contribution < -0.4 is 0 Å². The molecule has 0 saturated heterocycles. The monoisotopic (exact) mass is 776 g/mol. The lowest BCUT2D eigenvalue weighted by molar-refractivity contribution is 0.670. The topological polar surface area (TPSA) is 38.9 Å². The number of rotatable bonds is 6. The number of hydrogen-bond acceptors (Lipinski definition) is 3. The number of benzene rings is 10.